The molecule has 2 N–H and O–H groups in total. The number of piperidine rings is 1. The lowest BCUT2D eigenvalue weighted by atomic mass is 9.97. The fourth-order valence-corrected chi connectivity index (χ4v) is 2.83. The summed E-state index contributed by atoms with van der Waals surface area (Å²) in [4.78, 5) is 24.5. The molecule has 1 aromatic rings. The van der Waals surface area contributed by atoms with Crippen LogP contribution in [-0.4, -0.2) is 30.1 Å². The Morgan fingerprint density at radius 3 is 3.05 bits per heavy atom. The zero-order valence-electron chi connectivity index (χ0n) is 10.6. The third-order valence-corrected chi connectivity index (χ3v) is 3.85. The smallest absolute Gasteiger partial charge is 0.308 e. The number of carboxylic acid groups (broad SMARTS) is 1. The Bertz CT molecular complexity index is 541. The molecule has 5 nitrogen and oxygen atoms in total. The van der Waals surface area contributed by atoms with Crippen LogP contribution in [0.4, 0.5) is 11.4 Å². The van der Waals surface area contributed by atoms with Crippen LogP contribution < -0.4 is 10.2 Å². The Balaban J connectivity index is 1.81. The number of fused-ring (bicyclic) bond motifs is 1. The summed E-state index contributed by atoms with van der Waals surface area (Å²) in [6.07, 6.45) is 2.06. The molecule has 0 radical (unpaired) electrons. The van der Waals surface area contributed by atoms with Crippen molar-refractivity contribution in [1.29, 1.82) is 0 Å². The topological polar surface area (TPSA) is 69.6 Å². The second kappa shape index (κ2) is 4.57. The van der Waals surface area contributed by atoms with Gasteiger partial charge in [-0.25, -0.2) is 0 Å². The molecular weight excluding hydrogens is 244 g/mol. The van der Waals surface area contributed by atoms with Crippen LogP contribution in [-0.2, 0) is 16.0 Å². The molecule has 0 spiro atoms. The Labute approximate surface area is 111 Å². The van der Waals surface area contributed by atoms with Crippen molar-refractivity contribution in [2.45, 2.75) is 19.3 Å². The van der Waals surface area contributed by atoms with Crippen molar-refractivity contribution in [2.24, 2.45) is 5.92 Å². The molecule has 19 heavy (non-hydrogen) atoms. The molecular formula is C14H16N2O3. The molecule has 2 aliphatic heterocycles. The number of carbonyl (C=O) groups excluding carboxylic acids is 1. The highest BCUT2D eigenvalue weighted by Gasteiger charge is 2.26. The monoisotopic (exact) mass is 260 g/mol. The van der Waals surface area contributed by atoms with Crippen LogP contribution in [0.1, 0.15) is 18.4 Å². The van der Waals surface area contributed by atoms with E-state index in [9.17, 15) is 9.59 Å². The van der Waals surface area contributed by atoms with Crippen LogP contribution in [0.5, 0.6) is 0 Å². The number of benzene rings is 1. The van der Waals surface area contributed by atoms with E-state index < -0.39 is 5.97 Å². The van der Waals surface area contributed by atoms with Gasteiger partial charge in [-0.1, -0.05) is 0 Å². The number of carbonyl (C=O) groups is 2. The highest BCUT2D eigenvalue weighted by molar-refractivity contribution is 5.99. The van der Waals surface area contributed by atoms with Crippen LogP contribution in [0.15, 0.2) is 18.2 Å². The van der Waals surface area contributed by atoms with Gasteiger partial charge in [-0.05, 0) is 36.6 Å². The van der Waals surface area contributed by atoms with E-state index in [1.807, 2.05) is 18.2 Å². The van der Waals surface area contributed by atoms with Crippen molar-refractivity contribution in [3.8, 4) is 0 Å². The van der Waals surface area contributed by atoms with Gasteiger partial charge in [0.15, 0.2) is 0 Å². The number of nitrogens with one attached hydrogen (secondary N) is 1. The summed E-state index contributed by atoms with van der Waals surface area (Å²) in [6, 6.07) is 5.85. The fourth-order valence-electron chi connectivity index (χ4n) is 2.83. The highest BCUT2D eigenvalue weighted by atomic mass is 16.4. The number of carboxylic acids is 1. The van der Waals surface area contributed by atoms with Gasteiger partial charge in [-0.15, -0.1) is 0 Å². The van der Waals surface area contributed by atoms with Crippen LogP contribution in [0.25, 0.3) is 0 Å². The summed E-state index contributed by atoms with van der Waals surface area (Å²) in [7, 11) is 0. The molecule has 1 aromatic carbocycles. The molecule has 3 rings (SSSR count). The summed E-state index contributed by atoms with van der Waals surface area (Å²) in [5.74, 6) is -0.987. The lowest BCUT2D eigenvalue weighted by molar-refractivity contribution is -0.142. The number of aliphatic carboxylic acids is 1. The highest BCUT2D eigenvalue weighted by Crippen LogP contribution is 2.30. The first-order valence-electron chi connectivity index (χ1n) is 6.54. The van der Waals surface area contributed by atoms with E-state index >= 15 is 0 Å². The number of hydrogen-bond donors (Lipinski definition) is 2. The molecule has 100 valence electrons. The molecule has 0 saturated carbocycles. The summed E-state index contributed by atoms with van der Waals surface area (Å²) in [5, 5.41) is 11.9. The second-order valence-electron chi connectivity index (χ2n) is 5.19. The van der Waals surface area contributed by atoms with Gasteiger partial charge in [0.1, 0.15) is 0 Å². The molecule has 1 saturated heterocycles. The predicted molar refractivity (Wildman–Crippen MR) is 71.3 cm³/mol. The Morgan fingerprint density at radius 2 is 2.26 bits per heavy atom. The molecule has 0 aliphatic carbocycles. The van der Waals surface area contributed by atoms with Gasteiger partial charge in [-0.3, -0.25) is 9.59 Å². The molecule has 1 fully saturated rings. The SMILES string of the molecule is O=C1Cc2cc(N3CCCC(C(=O)O)C3)ccc2N1. The predicted octanol–water partition coefficient (Wildman–Crippen LogP) is 1.48. The van der Waals surface area contributed by atoms with Gasteiger partial charge in [-0.2, -0.15) is 0 Å². The van der Waals surface area contributed by atoms with E-state index in [1.165, 1.54) is 0 Å². The first-order chi connectivity index (χ1) is 9.13. The van der Waals surface area contributed by atoms with Crippen LogP contribution >= 0.6 is 0 Å². The lowest BCUT2D eigenvalue weighted by Crippen LogP contribution is -2.38. The summed E-state index contributed by atoms with van der Waals surface area (Å²) in [5.41, 5.74) is 2.89. The molecule has 0 bridgehead atoms. The van der Waals surface area contributed by atoms with E-state index in [2.05, 4.69) is 10.2 Å². The van der Waals surface area contributed by atoms with Crippen molar-refractivity contribution in [2.75, 3.05) is 23.3 Å². The van der Waals surface area contributed by atoms with Crippen LogP contribution in [0.2, 0.25) is 0 Å². The van der Waals surface area contributed by atoms with Gasteiger partial charge in [0.25, 0.3) is 0 Å². The largest absolute Gasteiger partial charge is 0.481 e. The van der Waals surface area contributed by atoms with Crippen LogP contribution in [0.3, 0.4) is 0 Å². The molecule has 1 atom stereocenters. The maximum atomic E-state index is 11.3. The summed E-state index contributed by atoms with van der Waals surface area (Å²) in [6.45, 7) is 1.43. The maximum absolute atomic E-state index is 11.3. The van der Waals surface area contributed by atoms with E-state index in [4.69, 9.17) is 5.11 Å². The first-order valence-corrected chi connectivity index (χ1v) is 6.54. The van der Waals surface area contributed by atoms with Gasteiger partial charge >= 0.3 is 5.97 Å². The summed E-state index contributed by atoms with van der Waals surface area (Å²) >= 11 is 0. The number of nitrogens with zero attached hydrogens (tertiary/aromatic N) is 1. The van der Waals surface area contributed by atoms with E-state index in [0.717, 1.165) is 36.3 Å². The van der Waals surface area contributed by atoms with E-state index in [0.29, 0.717) is 13.0 Å². The molecule has 0 aromatic heterocycles. The third-order valence-electron chi connectivity index (χ3n) is 3.85. The van der Waals surface area contributed by atoms with Crippen molar-refractivity contribution < 1.29 is 14.7 Å². The minimum Gasteiger partial charge on any atom is -0.481 e. The second-order valence-corrected chi connectivity index (χ2v) is 5.19. The normalized spacial score (nSPS) is 22.0. The van der Waals surface area contributed by atoms with Crippen LogP contribution in [0, 0.1) is 5.92 Å². The first kappa shape index (κ1) is 12.0. The number of rotatable bonds is 2. The maximum Gasteiger partial charge on any atom is 0.308 e. The summed E-state index contributed by atoms with van der Waals surface area (Å²) < 4.78 is 0. The third kappa shape index (κ3) is 2.28. The number of hydrogen-bond acceptors (Lipinski definition) is 3. The van der Waals surface area contributed by atoms with E-state index in [-0.39, 0.29) is 11.8 Å². The van der Waals surface area contributed by atoms with Crippen molar-refractivity contribution in [3.05, 3.63) is 23.8 Å². The van der Waals surface area contributed by atoms with Crippen molar-refractivity contribution in [3.63, 3.8) is 0 Å². The van der Waals surface area contributed by atoms with Crippen molar-refractivity contribution >= 4 is 23.3 Å². The Kier molecular flexibility index (Phi) is 2.89. The lowest BCUT2D eigenvalue weighted by Gasteiger charge is -2.32. The fraction of sp³-hybridized carbons (Fsp3) is 0.429. The average Bonchev–Trinajstić information content (AvgIpc) is 2.77. The van der Waals surface area contributed by atoms with Gasteiger partial charge in [0, 0.05) is 24.5 Å². The zero-order chi connectivity index (χ0) is 13.4. The Morgan fingerprint density at radius 1 is 1.42 bits per heavy atom. The average molecular weight is 260 g/mol. The molecule has 2 aliphatic rings. The Hall–Kier alpha value is -2.04. The van der Waals surface area contributed by atoms with Gasteiger partial charge in [0.05, 0.1) is 12.3 Å². The molecule has 1 unspecified atom stereocenters. The molecule has 5 heteroatoms. The number of anilines is 2. The van der Waals surface area contributed by atoms with Crippen molar-refractivity contribution in [1.82, 2.24) is 0 Å². The molecule has 2 heterocycles. The standard InChI is InChI=1S/C14H16N2O3/c17-13-7-10-6-11(3-4-12(10)15-13)16-5-1-2-9(8-16)14(18)19/h3-4,6,9H,1-2,5,7-8H2,(H,15,17)(H,18,19). The minimum absolute atomic E-state index is 0.0224. The zero-order valence-corrected chi connectivity index (χ0v) is 10.6. The van der Waals surface area contributed by atoms with E-state index in [1.54, 1.807) is 0 Å². The van der Waals surface area contributed by atoms with Gasteiger partial charge in [0.2, 0.25) is 5.91 Å². The quantitative estimate of drug-likeness (QED) is 0.845. The van der Waals surface area contributed by atoms with Gasteiger partial charge < -0.3 is 15.3 Å². The minimum atomic E-state index is -0.720. The molecule has 1 amide bonds. The number of amides is 1.